The molecule has 0 unspecified atom stereocenters. The highest BCUT2D eigenvalue weighted by molar-refractivity contribution is 6.42. The van der Waals surface area contributed by atoms with Gasteiger partial charge in [0.15, 0.2) is 0 Å². The number of carbonyl (C=O) groups excluding carboxylic acids is 1. The molecule has 0 aromatic heterocycles. The molecule has 3 aromatic carbocycles. The highest BCUT2D eigenvalue weighted by atomic mass is 35.5. The highest BCUT2D eigenvalue weighted by Gasteiger charge is 2.12. The van der Waals surface area contributed by atoms with Crippen molar-refractivity contribution in [3.8, 4) is 11.8 Å². The first-order chi connectivity index (χ1) is 16.3. The maximum Gasteiger partial charge on any atom is 0.266 e. The smallest absolute Gasteiger partial charge is 0.266 e. The number of hydrogen-bond donors (Lipinski definition) is 1. The second-order valence-electron chi connectivity index (χ2n) is 7.48. The summed E-state index contributed by atoms with van der Waals surface area (Å²) in [5.74, 6) is 0.146. The summed E-state index contributed by atoms with van der Waals surface area (Å²) in [6.07, 6.45) is 3.84. The molecule has 1 N–H and O–H groups in total. The van der Waals surface area contributed by atoms with E-state index in [1.165, 1.54) is 6.08 Å². The van der Waals surface area contributed by atoms with Crippen molar-refractivity contribution in [3.63, 3.8) is 0 Å². The summed E-state index contributed by atoms with van der Waals surface area (Å²) in [6.45, 7) is 5.98. The molecule has 34 heavy (non-hydrogen) atoms. The minimum absolute atomic E-state index is 0.0364. The fourth-order valence-corrected chi connectivity index (χ4v) is 3.62. The average Bonchev–Trinajstić information content (AvgIpc) is 2.81. The van der Waals surface area contributed by atoms with Gasteiger partial charge in [-0.3, -0.25) is 4.79 Å². The molecule has 0 radical (unpaired) electrons. The summed E-state index contributed by atoms with van der Waals surface area (Å²) in [5, 5.41) is 13.7. The molecule has 3 aromatic rings. The van der Waals surface area contributed by atoms with Crippen molar-refractivity contribution < 1.29 is 9.53 Å². The van der Waals surface area contributed by atoms with Gasteiger partial charge in [-0.25, -0.2) is 0 Å². The van der Waals surface area contributed by atoms with Crippen LogP contribution in [0.1, 0.15) is 22.3 Å². The summed E-state index contributed by atoms with van der Waals surface area (Å²) < 4.78 is 5.98. The Bertz CT molecular complexity index is 1310. The zero-order valence-corrected chi connectivity index (χ0v) is 20.6. The van der Waals surface area contributed by atoms with Crippen molar-refractivity contribution >= 4 is 52.5 Å². The molecule has 0 bridgehead atoms. The number of benzene rings is 3. The molecular weight excluding hydrogens is 491 g/mol. The quantitative estimate of drug-likeness (QED) is 0.191. The zero-order chi connectivity index (χ0) is 24.7. The molecule has 0 aliphatic heterocycles. The van der Waals surface area contributed by atoms with Crippen molar-refractivity contribution in [3.05, 3.63) is 110 Å². The monoisotopic (exact) mass is 510 g/mol. The topological polar surface area (TPSA) is 62.1 Å². The first kappa shape index (κ1) is 25.4. The van der Waals surface area contributed by atoms with E-state index in [0.717, 1.165) is 16.7 Å². The van der Waals surface area contributed by atoms with E-state index >= 15 is 0 Å². The van der Waals surface area contributed by atoms with Crippen LogP contribution in [0.2, 0.25) is 15.1 Å². The fourth-order valence-electron chi connectivity index (χ4n) is 3.12. The number of halogens is 3. The molecule has 0 heterocycles. The van der Waals surface area contributed by atoms with Crippen LogP contribution in [0.4, 0.5) is 5.69 Å². The van der Waals surface area contributed by atoms with Gasteiger partial charge < -0.3 is 10.1 Å². The number of aryl methyl sites for hydroxylation is 1. The van der Waals surface area contributed by atoms with Crippen molar-refractivity contribution in [1.82, 2.24) is 0 Å². The summed E-state index contributed by atoms with van der Waals surface area (Å²) in [7, 11) is 0. The van der Waals surface area contributed by atoms with E-state index in [9.17, 15) is 10.1 Å². The van der Waals surface area contributed by atoms with Crippen molar-refractivity contribution in [2.75, 3.05) is 5.32 Å². The number of nitrogens with one attached hydrogen (secondary N) is 1. The summed E-state index contributed by atoms with van der Waals surface area (Å²) in [4.78, 5) is 12.6. The Morgan fingerprint density at radius 3 is 2.53 bits per heavy atom. The Morgan fingerprint density at radius 1 is 1.06 bits per heavy atom. The third kappa shape index (κ3) is 6.65. The van der Waals surface area contributed by atoms with E-state index in [4.69, 9.17) is 39.5 Å². The van der Waals surface area contributed by atoms with Gasteiger partial charge in [-0.05, 0) is 78.1 Å². The average molecular weight is 512 g/mol. The van der Waals surface area contributed by atoms with Gasteiger partial charge in [0.2, 0.25) is 0 Å². The van der Waals surface area contributed by atoms with Gasteiger partial charge in [-0.1, -0.05) is 59.1 Å². The third-order valence-corrected chi connectivity index (χ3v) is 6.08. The number of anilines is 1. The zero-order valence-electron chi connectivity index (χ0n) is 18.4. The first-order valence-electron chi connectivity index (χ1n) is 10.3. The van der Waals surface area contributed by atoms with Gasteiger partial charge in [0.25, 0.3) is 5.91 Å². The van der Waals surface area contributed by atoms with Crippen LogP contribution in [0.5, 0.6) is 5.75 Å². The van der Waals surface area contributed by atoms with Crippen LogP contribution in [-0.2, 0) is 17.8 Å². The maximum atomic E-state index is 12.6. The Labute approximate surface area is 214 Å². The van der Waals surface area contributed by atoms with Gasteiger partial charge in [-0.15, -0.1) is 6.58 Å². The molecule has 172 valence electrons. The van der Waals surface area contributed by atoms with Gasteiger partial charge >= 0.3 is 0 Å². The molecule has 0 saturated carbocycles. The minimum Gasteiger partial charge on any atom is -0.489 e. The van der Waals surface area contributed by atoms with Crippen LogP contribution in [-0.4, -0.2) is 5.91 Å². The van der Waals surface area contributed by atoms with E-state index in [0.29, 0.717) is 45.1 Å². The minimum atomic E-state index is -0.521. The first-order valence-corrected chi connectivity index (χ1v) is 11.4. The van der Waals surface area contributed by atoms with Crippen molar-refractivity contribution in [2.45, 2.75) is 20.0 Å². The van der Waals surface area contributed by atoms with E-state index in [1.807, 2.05) is 25.1 Å². The Balaban J connectivity index is 1.79. The molecule has 0 fully saturated rings. The lowest BCUT2D eigenvalue weighted by Crippen LogP contribution is -2.13. The van der Waals surface area contributed by atoms with E-state index in [1.54, 1.807) is 48.5 Å². The summed E-state index contributed by atoms with van der Waals surface area (Å²) in [5.41, 5.74) is 3.81. The molecule has 4 nitrogen and oxygen atoms in total. The van der Waals surface area contributed by atoms with Gasteiger partial charge in [0.05, 0.1) is 10.0 Å². The molecular formula is C27H21Cl3N2O2. The van der Waals surface area contributed by atoms with E-state index in [-0.39, 0.29) is 5.57 Å². The lowest BCUT2D eigenvalue weighted by atomic mass is 10.0. The van der Waals surface area contributed by atoms with Crippen LogP contribution < -0.4 is 10.1 Å². The Hall–Kier alpha value is -3.23. The van der Waals surface area contributed by atoms with Crippen LogP contribution in [0.15, 0.2) is 72.8 Å². The second kappa shape index (κ2) is 11.8. The van der Waals surface area contributed by atoms with Crippen molar-refractivity contribution in [1.29, 1.82) is 5.26 Å². The standard InChI is InChI=1S/C27H21Cl3N2O2/c1-3-4-20-11-18(7-10-26(20)34-16-19-6-9-23(28)25(30)13-19)12-21(15-31)27(33)32-22-8-5-17(2)24(29)14-22/h3,5-14H,1,4,16H2,2H3,(H,32,33)/b21-12-. The molecule has 0 aliphatic carbocycles. The predicted molar refractivity (Wildman–Crippen MR) is 140 cm³/mol. The van der Waals surface area contributed by atoms with Gasteiger partial charge in [0.1, 0.15) is 24.0 Å². The number of hydrogen-bond acceptors (Lipinski definition) is 3. The lowest BCUT2D eigenvalue weighted by Gasteiger charge is -2.12. The number of amides is 1. The molecule has 0 spiro atoms. The molecule has 0 atom stereocenters. The highest BCUT2D eigenvalue weighted by Crippen LogP contribution is 2.27. The van der Waals surface area contributed by atoms with Gasteiger partial charge in [0, 0.05) is 10.7 Å². The molecule has 7 heteroatoms. The maximum absolute atomic E-state index is 12.6. The van der Waals surface area contributed by atoms with Crippen LogP contribution in [0.25, 0.3) is 6.08 Å². The second-order valence-corrected chi connectivity index (χ2v) is 8.71. The van der Waals surface area contributed by atoms with Crippen LogP contribution >= 0.6 is 34.8 Å². The third-order valence-electron chi connectivity index (χ3n) is 4.93. The lowest BCUT2D eigenvalue weighted by molar-refractivity contribution is -0.112. The number of allylic oxidation sites excluding steroid dienone is 1. The normalized spacial score (nSPS) is 11.0. The Kier molecular flexibility index (Phi) is 8.79. The number of nitriles is 1. The largest absolute Gasteiger partial charge is 0.489 e. The fraction of sp³-hybridized carbons (Fsp3) is 0.111. The molecule has 0 saturated heterocycles. The number of ether oxygens (including phenoxy) is 1. The Morgan fingerprint density at radius 2 is 1.85 bits per heavy atom. The summed E-state index contributed by atoms with van der Waals surface area (Å²) >= 11 is 18.2. The SMILES string of the molecule is C=CCc1cc(/C=C(/C#N)C(=O)Nc2ccc(C)c(Cl)c2)ccc1OCc1ccc(Cl)c(Cl)c1. The summed E-state index contributed by atoms with van der Waals surface area (Å²) in [6, 6.07) is 17.9. The number of carbonyl (C=O) groups is 1. The number of rotatable bonds is 8. The van der Waals surface area contributed by atoms with E-state index < -0.39 is 5.91 Å². The molecule has 1 amide bonds. The predicted octanol–water partition coefficient (Wildman–Crippen LogP) is 7.81. The van der Waals surface area contributed by atoms with Crippen LogP contribution in [0.3, 0.4) is 0 Å². The number of nitrogens with zero attached hydrogens (tertiary/aromatic N) is 1. The van der Waals surface area contributed by atoms with Gasteiger partial charge in [-0.2, -0.15) is 5.26 Å². The van der Waals surface area contributed by atoms with E-state index in [2.05, 4.69) is 11.9 Å². The van der Waals surface area contributed by atoms with Crippen molar-refractivity contribution in [2.24, 2.45) is 0 Å². The molecule has 0 aliphatic rings. The van der Waals surface area contributed by atoms with Crippen LogP contribution in [0, 0.1) is 18.3 Å². The molecule has 3 rings (SSSR count).